The normalized spacial score (nSPS) is 19.0. The predicted molar refractivity (Wildman–Crippen MR) is 98.4 cm³/mol. The molecule has 0 bridgehead atoms. The molecule has 0 spiro atoms. The van der Waals surface area contributed by atoms with Crippen LogP contribution in [0.25, 0.3) is 5.70 Å². The molecule has 0 fully saturated rings. The lowest BCUT2D eigenvalue weighted by Crippen LogP contribution is -2.50. The third-order valence-corrected chi connectivity index (χ3v) is 4.92. The van der Waals surface area contributed by atoms with Crippen molar-refractivity contribution < 1.29 is 4.79 Å². The minimum Gasteiger partial charge on any atom is -0.298 e. The summed E-state index contributed by atoms with van der Waals surface area (Å²) in [5.41, 5.74) is 1.51. The number of benzene rings is 2. The SMILES string of the molecule is CSC1=NN2C(=c3cc(Br)ccc3=N[C@H]2c2ccccc2)C(=O)N1. The maximum Gasteiger partial charge on any atom is 0.276 e. The number of nitrogens with one attached hydrogen (secondary N) is 1. The summed E-state index contributed by atoms with van der Waals surface area (Å²) in [7, 11) is 0. The fourth-order valence-corrected chi connectivity index (χ4v) is 3.51. The zero-order valence-corrected chi connectivity index (χ0v) is 15.1. The highest BCUT2D eigenvalue weighted by molar-refractivity contribution is 9.10. The molecule has 0 aromatic heterocycles. The van der Waals surface area contributed by atoms with Gasteiger partial charge in [-0.15, -0.1) is 5.10 Å². The van der Waals surface area contributed by atoms with E-state index in [1.807, 2.05) is 54.8 Å². The second kappa shape index (κ2) is 6.07. The van der Waals surface area contributed by atoms with Gasteiger partial charge in [0, 0.05) is 9.69 Å². The summed E-state index contributed by atoms with van der Waals surface area (Å²) < 4.78 is 0.898. The van der Waals surface area contributed by atoms with Gasteiger partial charge < -0.3 is 0 Å². The molecule has 0 saturated carbocycles. The Morgan fingerprint density at radius 2 is 2.00 bits per heavy atom. The zero-order valence-electron chi connectivity index (χ0n) is 12.7. The Morgan fingerprint density at radius 3 is 2.75 bits per heavy atom. The van der Waals surface area contributed by atoms with Gasteiger partial charge in [0.05, 0.1) is 5.36 Å². The number of hydrogen-bond acceptors (Lipinski definition) is 5. The Balaban J connectivity index is 2.02. The molecule has 0 aliphatic carbocycles. The fourth-order valence-electron chi connectivity index (χ4n) is 2.79. The lowest BCUT2D eigenvalue weighted by molar-refractivity contribution is -0.116. The van der Waals surface area contributed by atoms with Crippen LogP contribution >= 0.6 is 27.7 Å². The van der Waals surface area contributed by atoms with E-state index < -0.39 is 0 Å². The quantitative estimate of drug-likeness (QED) is 0.795. The summed E-state index contributed by atoms with van der Waals surface area (Å²) in [6.07, 6.45) is 1.52. The highest BCUT2D eigenvalue weighted by atomic mass is 79.9. The van der Waals surface area contributed by atoms with Gasteiger partial charge in [0.15, 0.2) is 11.3 Å². The maximum absolute atomic E-state index is 12.7. The van der Waals surface area contributed by atoms with Crippen LogP contribution in [0.2, 0.25) is 0 Å². The molecule has 7 heteroatoms. The van der Waals surface area contributed by atoms with E-state index in [9.17, 15) is 4.79 Å². The van der Waals surface area contributed by atoms with Crippen LogP contribution in [0.3, 0.4) is 0 Å². The minimum absolute atomic E-state index is 0.162. The van der Waals surface area contributed by atoms with Crippen molar-refractivity contribution in [2.75, 3.05) is 6.26 Å². The van der Waals surface area contributed by atoms with Crippen molar-refractivity contribution >= 4 is 44.5 Å². The van der Waals surface area contributed by atoms with E-state index in [2.05, 4.69) is 26.3 Å². The van der Waals surface area contributed by atoms with Crippen LogP contribution in [0.15, 0.2) is 63.1 Å². The van der Waals surface area contributed by atoms with Gasteiger partial charge in [-0.3, -0.25) is 15.1 Å². The monoisotopic (exact) mass is 400 g/mol. The van der Waals surface area contributed by atoms with E-state index in [0.717, 1.165) is 20.6 Å². The van der Waals surface area contributed by atoms with Crippen LogP contribution in [-0.4, -0.2) is 22.3 Å². The average Bonchev–Trinajstić information content (AvgIpc) is 2.61. The van der Waals surface area contributed by atoms with Gasteiger partial charge in [0.25, 0.3) is 5.91 Å². The number of carbonyl (C=O) groups excluding carboxylic acids is 1. The first-order chi connectivity index (χ1) is 11.7. The molecule has 24 heavy (non-hydrogen) atoms. The first-order valence-corrected chi connectivity index (χ1v) is 9.35. The van der Waals surface area contributed by atoms with Crippen LogP contribution in [-0.2, 0) is 4.79 Å². The predicted octanol–water partition coefficient (Wildman–Crippen LogP) is 1.96. The summed E-state index contributed by atoms with van der Waals surface area (Å²) in [6.45, 7) is 0. The number of amidine groups is 1. The van der Waals surface area contributed by atoms with Crippen LogP contribution in [0.1, 0.15) is 11.7 Å². The molecule has 4 rings (SSSR count). The Bertz CT molecular complexity index is 974. The average molecular weight is 401 g/mol. The molecule has 0 radical (unpaired) electrons. The van der Waals surface area contributed by atoms with Gasteiger partial charge in [-0.1, -0.05) is 58.0 Å². The number of hydrogen-bond donors (Lipinski definition) is 1. The van der Waals surface area contributed by atoms with Crippen molar-refractivity contribution in [3.8, 4) is 0 Å². The Hall–Kier alpha value is -2.12. The van der Waals surface area contributed by atoms with Crippen molar-refractivity contribution in [3.63, 3.8) is 0 Å². The van der Waals surface area contributed by atoms with Crippen molar-refractivity contribution in [2.45, 2.75) is 6.17 Å². The molecule has 2 heterocycles. The van der Waals surface area contributed by atoms with Gasteiger partial charge in [0.2, 0.25) is 0 Å². The number of amides is 1. The third-order valence-electron chi connectivity index (χ3n) is 3.86. The summed E-state index contributed by atoms with van der Waals surface area (Å²) >= 11 is 4.87. The molecule has 2 aliphatic heterocycles. The molecular formula is C17H13BrN4OS. The van der Waals surface area contributed by atoms with Gasteiger partial charge in [-0.25, -0.2) is 5.01 Å². The second-order valence-electron chi connectivity index (χ2n) is 5.33. The summed E-state index contributed by atoms with van der Waals surface area (Å²) in [6, 6.07) is 15.6. The van der Waals surface area contributed by atoms with Gasteiger partial charge in [-0.2, -0.15) is 0 Å². The largest absolute Gasteiger partial charge is 0.298 e. The summed E-state index contributed by atoms with van der Waals surface area (Å²) in [5.74, 6) is -0.162. The first kappa shape index (κ1) is 15.4. The number of rotatable bonds is 1. The van der Waals surface area contributed by atoms with Gasteiger partial charge in [0.1, 0.15) is 5.70 Å². The van der Waals surface area contributed by atoms with E-state index in [4.69, 9.17) is 4.99 Å². The van der Waals surface area contributed by atoms with E-state index in [1.165, 1.54) is 11.8 Å². The second-order valence-corrected chi connectivity index (χ2v) is 7.04. The smallest absolute Gasteiger partial charge is 0.276 e. The number of hydrazone groups is 1. The third kappa shape index (κ3) is 2.53. The molecule has 0 unspecified atom stereocenters. The first-order valence-electron chi connectivity index (χ1n) is 7.33. The molecule has 0 saturated heterocycles. The molecule has 120 valence electrons. The molecule has 2 aromatic carbocycles. The van der Waals surface area contributed by atoms with Crippen molar-refractivity contribution in [1.82, 2.24) is 10.3 Å². The van der Waals surface area contributed by atoms with Crippen LogP contribution in [0.5, 0.6) is 0 Å². The van der Waals surface area contributed by atoms with E-state index in [0.29, 0.717) is 10.9 Å². The molecule has 1 amide bonds. The summed E-state index contributed by atoms with van der Waals surface area (Å²) in [4.78, 5) is 17.5. The number of halogens is 1. The Kier molecular flexibility index (Phi) is 3.90. The summed E-state index contributed by atoms with van der Waals surface area (Å²) in [5, 5.41) is 11.3. The highest BCUT2D eigenvalue weighted by Crippen LogP contribution is 2.30. The van der Waals surface area contributed by atoms with E-state index >= 15 is 0 Å². The van der Waals surface area contributed by atoms with Crippen molar-refractivity contribution in [1.29, 1.82) is 0 Å². The molecule has 5 nitrogen and oxygen atoms in total. The van der Waals surface area contributed by atoms with E-state index in [-0.39, 0.29) is 12.1 Å². The van der Waals surface area contributed by atoms with Gasteiger partial charge >= 0.3 is 0 Å². The van der Waals surface area contributed by atoms with Crippen LogP contribution in [0.4, 0.5) is 0 Å². The highest BCUT2D eigenvalue weighted by Gasteiger charge is 2.34. The topological polar surface area (TPSA) is 57.1 Å². The number of carbonyl (C=O) groups is 1. The maximum atomic E-state index is 12.7. The lowest BCUT2D eigenvalue weighted by Gasteiger charge is -2.33. The van der Waals surface area contributed by atoms with Crippen LogP contribution < -0.4 is 15.9 Å². The number of thioether (sulfide) groups is 1. The fraction of sp³-hybridized carbons (Fsp3) is 0.118. The van der Waals surface area contributed by atoms with Gasteiger partial charge in [-0.05, 0) is 30.0 Å². The lowest BCUT2D eigenvalue weighted by atomic mass is 10.1. The molecular weight excluding hydrogens is 388 g/mol. The van der Waals surface area contributed by atoms with E-state index in [1.54, 1.807) is 5.01 Å². The zero-order chi connectivity index (χ0) is 16.7. The van der Waals surface area contributed by atoms with Crippen LogP contribution in [0, 0.1) is 0 Å². The van der Waals surface area contributed by atoms with Crippen molar-refractivity contribution in [3.05, 3.63) is 69.1 Å². The standard InChI is InChI=1S/C17H13BrN4OS/c1-24-17-20-16(23)14-12-9-11(18)7-8-13(12)19-15(22(14)21-17)10-5-3-2-4-6-10/h2-9,15H,1H3,(H,20,21,23)/t15-/m1/s1. The molecule has 2 aliphatic rings. The Morgan fingerprint density at radius 1 is 1.21 bits per heavy atom. The molecule has 1 N–H and O–H groups in total. The Labute approximate surface area is 151 Å². The number of fused-ring (bicyclic) bond motifs is 2. The van der Waals surface area contributed by atoms with Crippen molar-refractivity contribution in [2.24, 2.45) is 10.1 Å². The minimum atomic E-state index is -0.358. The number of nitrogens with zero attached hydrogens (tertiary/aromatic N) is 3. The molecule has 2 aromatic rings. The molecule has 1 atom stereocenters.